The van der Waals surface area contributed by atoms with Crippen LogP contribution in [-0.2, 0) is 4.79 Å². The zero-order chi connectivity index (χ0) is 21.3. The molecule has 2 amide bonds. The Balaban J connectivity index is 1.72. The van der Waals surface area contributed by atoms with E-state index >= 15 is 0 Å². The van der Waals surface area contributed by atoms with Gasteiger partial charge in [-0.2, -0.15) is 0 Å². The Morgan fingerprint density at radius 1 is 0.933 bits per heavy atom. The summed E-state index contributed by atoms with van der Waals surface area (Å²) in [7, 11) is 0. The van der Waals surface area contributed by atoms with Crippen LogP contribution < -0.4 is 5.32 Å². The van der Waals surface area contributed by atoms with Gasteiger partial charge in [-0.05, 0) is 48.2 Å². The van der Waals surface area contributed by atoms with E-state index in [0.29, 0.717) is 6.54 Å². The molecule has 2 fully saturated rings. The highest BCUT2D eigenvalue weighted by Gasteiger charge is 2.40. The molecule has 2 aliphatic rings. The minimum absolute atomic E-state index is 0.0345. The fourth-order valence-corrected chi connectivity index (χ4v) is 3.90. The number of rotatable bonds is 5. The Kier molecular flexibility index (Phi) is 5.67. The van der Waals surface area contributed by atoms with Crippen LogP contribution in [0, 0.1) is 11.6 Å². The smallest absolute Gasteiger partial charge is 0.407 e. The number of hydrogen-bond donors (Lipinski definition) is 2. The van der Waals surface area contributed by atoms with Crippen LogP contribution >= 0.6 is 0 Å². The van der Waals surface area contributed by atoms with Crippen LogP contribution in [0.3, 0.4) is 0 Å². The lowest BCUT2D eigenvalue weighted by atomic mass is 9.94. The Hall–Kier alpha value is -3.00. The minimum atomic E-state index is -1.07. The third-order valence-electron chi connectivity index (χ3n) is 5.62. The normalized spacial score (nSPS) is 19.7. The molecule has 1 saturated carbocycles. The molecule has 4 rings (SSSR count). The van der Waals surface area contributed by atoms with Crippen molar-refractivity contribution < 1.29 is 23.5 Å². The van der Waals surface area contributed by atoms with Crippen molar-refractivity contribution in [2.75, 3.05) is 19.6 Å². The molecule has 1 atom stereocenters. The maximum absolute atomic E-state index is 13.5. The minimum Gasteiger partial charge on any atom is -0.465 e. The van der Waals surface area contributed by atoms with E-state index in [-0.39, 0.29) is 36.7 Å². The summed E-state index contributed by atoms with van der Waals surface area (Å²) in [6.07, 6.45) is 0.764. The van der Waals surface area contributed by atoms with Gasteiger partial charge >= 0.3 is 6.09 Å². The van der Waals surface area contributed by atoms with E-state index < -0.39 is 18.2 Å². The van der Waals surface area contributed by atoms with E-state index in [9.17, 15) is 23.5 Å². The standard InChI is InChI=1S/C22H23F2N3O3/c23-16-5-1-14(2-6-16)20(15-3-7-17(24)8-4-15)27-12-11-26(22(29)30)13-19(27)21(28)25-18-9-10-18/h1-8,18-20H,9-13H2,(H,25,28)(H,29,30). The predicted octanol–water partition coefficient (Wildman–Crippen LogP) is 3.00. The summed E-state index contributed by atoms with van der Waals surface area (Å²) < 4.78 is 27.1. The number of nitrogens with zero attached hydrogens (tertiary/aromatic N) is 2. The molecule has 0 bridgehead atoms. The molecule has 1 aliphatic carbocycles. The number of nitrogens with one attached hydrogen (secondary N) is 1. The molecule has 0 spiro atoms. The lowest BCUT2D eigenvalue weighted by Crippen LogP contribution is -2.60. The van der Waals surface area contributed by atoms with Gasteiger partial charge in [0.15, 0.2) is 0 Å². The first kappa shape index (κ1) is 20.3. The van der Waals surface area contributed by atoms with Gasteiger partial charge in [0.1, 0.15) is 17.7 Å². The van der Waals surface area contributed by atoms with Crippen LogP contribution in [0.15, 0.2) is 48.5 Å². The second-order valence-electron chi connectivity index (χ2n) is 7.77. The van der Waals surface area contributed by atoms with Gasteiger partial charge in [-0.3, -0.25) is 9.69 Å². The Bertz CT molecular complexity index is 871. The number of amides is 2. The molecular weight excluding hydrogens is 392 g/mol. The van der Waals surface area contributed by atoms with Crippen molar-refractivity contribution in [3.63, 3.8) is 0 Å². The van der Waals surface area contributed by atoms with Crippen molar-refractivity contribution in [1.82, 2.24) is 15.1 Å². The fraction of sp³-hybridized carbons (Fsp3) is 0.364. The van der Waals surface area contributed by atoms with E-state index in [1.165, 1.54) is 29.2 Å². The van der Waals surface area contributed by atoms with Crippen LogP contribution in [-0.4, -0.2) is 58.6 Å². The van der Waals surface area contributed by atoms with Gasteiger partial charge in [0.05, 0.1) is 6.04 Å². The van der Waals surface area contributed by atoms with Gasteiger partial charge in [-0.1, -0.05) is 24.3 Å². The number of carboxylic acid groups (broad SMARTS) is 1. The van der Waals surface area contributed by atoms with E-state index in [0.717, 1.165) is 24.0 Å². The number of carbonyl (C=O) groups is 2. The Morgan fingerprint density at radius 3 is 1.93 bits per heavy atom. The first-order chi connectivity index (χ1) is 14.4. The van der Waals surface area contributed by atoms with Crippen LogP contribution in [0.1, 0.15) is 30.0 Å². The highest BCUT2D eigenvalue weighted by Crippen LogP contribution is 2.33. The van der Waals surface area contributed by atoms with E-state index in [2.05, 4.69) is 5.32 Å². The van der Waals surface area contributed by atoms with Crippen LogP contribution in [0.2, 0.25) is 0 Å². The maximum Gasteiger partial charge on any atom is 0.407 e. The third-order valence-corrected chi connectivity index (χ3v) is 5.62. The first-order valence-electron chi connectivity index (χ1n) is 9.97. The summed E-state index contributed by atoms with van der Waals surface area (Å²) in [6.45, 7) is 0.586. The molecule has 1 heterocycles. The summed E-state index contributed by atoms with van der Waals surface area (Å²) in [6, 6.07) is 10.9. The zero-order valence-corrected chi connectivity index (χ0v) is 16.3. The number of halogens is 2. The van der Waals surface area contributed by atoms with E-state index in [1.54, 1.807) is 24.3 Å². The van der Waals surface area contributed by atoms with Crippen LogP contribution in [0.5, 0.6) is 0 Å². The van der Waals surface area contributed by atoms with Crippen molar-refractivity contribution in [3.05, 3.63) is 71.3 Å². The average molecular weight is 415 g/mol. The van der Waals surface area contributed by atoms with Crippen molar-refractivity contribution >= 4 is 12.0 Å². The van der Waals surface area contributed by atoms with Crippen molar-refractivity contribution in [2.24, 2.45) is 0 Å². The van der Waals surface area contributed by atoms with E-state index in [4.69, 9.17) is 0 Å². The lowest BCUT2D eigenvalue weighted by molar-refractivity contribution is -0.129. The van der Waals surface area contributed by atoms with Gasteiger partial charge in [-0.15, -0.1) is 0 Å². The third kappa shape index (κ3) is 4.43. The molecule has 8 heteroatoms. The lowest BCUT2D eigenvalue weighted by Gasteiger charge is -2.44. The zero-order valence-electron chi connectivity index (χ0n) is 16.3. The number of hydrogen-bond acceptors (Lipinski definition) is 3. The fourth-order valence-electron chi connectivity index (χ4n) is 3.90. The van der Waals surface area contributed by atoms with Gasteiger partial charge < -0.3 is 15.3 Å². The largest absolute Gasteiger partial charge is 0.465 e. The highest BCUT2D eigenvalue weighted by atomic mass is 19.1. The Morgan fingerprint density at radius 2 is 1.47 bits per heavy atom. The van der Waals surface area contributed by atoms with Gasteiger partial charge in [0, 0.05) is 25.7 Å². The molecule has 30 heavy (non-hydrogen) atoms. The number of benzene rings is 2. The quantitative estimate of drug-likeness (QED) is 0.788. The van der Waals surface area contributed by atoms with Gasteiger partial charge in [0.25, 0.3) is 0 Å². The molecule has 2 aromatic rings. The highest BCUT2D eigenvalue weighted by molar-refractivity contribution is 5.83. The van der Waals surface area contributed by atoms with Crippen molar-refractivity contribution in [1.29, 1.82) is 0 Å². The summed E-state index contributed by atoms with van der Waals surface area (Å²) in [5.41, 5.74) is 1.49. The van der Waals surface area contributed by atoms with Gasteiger partial charge in [0.2, 0.25) is 5.91 Å². The average Bonchev–Trinajstić information content (AvgIpc) is 3.55. The van der Waals surface area contributed by atoms with Crippen molar-refractivity contribution in [3.8, 4) is 0 Å². The summed E-state index contributed by atoms with van der Waals surface area (Å²) in [5, 5.41) is 12.4. The molecular formula is C22H23F2N3O3. The maximum atomic E-state index is 13.5. The topological polar surface area (TPSA) is 72.9 Å². The molecule has 0 radical (unpaired) electrons. The first-order valence-corrected chi connectivity index (χ1v) is 9.97. The van der Waals surface area contributed by atoms with Crippen LogP contribution in [0.25, 0.3) is 0 Å². The monoisotopic (exact) mass is 415 g/mol. The molecule has 2 N–H and O–H groups in total. The summed E-state index contributed by atoms with van der Waals surface area (Å²) >= 11 is 0. The summed E-state index contributed by atoms with van der Waals surface area (Å²) in [4.78, 5) is 27.7. The Labute approximate surface area is 173 Å². The number of carbonyl (C=O) groups excluding carboxylic acids is 1. The van der Waals surface area contributed by atoms with Crippen molar-refractivity contribution in [2.45, 2.75) is 31.0 Å². The second kappa shape index (κ2) is 8.39. The van der Waals surface area contributed by atoms with Crippen LogP contribution in [0.4, 0.5) is 13.6 Å². The number of piperazine rings is 1. The molecule has 0 aromatic heterocycles. The SMILES string of the molecule is O=C(NC1CC1)C1CN(C(=O)O)CCN1C(c1ccc(F)cc1)c1ccc(F)cc1. The molecule has 158 valence electrons. The molecule has 1 unspecified atom stereocenters. The molecule has 1 saturated heterocycles. The molecule has 1 aliphatic heterocycles. The summed E-state index contributed by atoms with van der Waals surface area (Å²) in [5.74, 6) is -0.983. The second-order valence-corrected chi connectivity index (χ2v) is 7.77. The molecule has 2 aromatic carbocycles. The van der Waals surface area contributed by atoms with E-state index in [1.807, 2.05) is 4.90 Å². The van der Waals surface area contributed by atoms with Gasteiger partial charge in [-0.25, -0.2) is 13.6 Å². The predicted molar refractivity (Wildman–Crippen MR) is 106 cm³/mol. The molecule has 6 nitrogen and oxygen atoms in total.